The van der Waals surface area contributed by atoms with Crippen molar-refractivity contribution in [3.8, 4) is 88.3 Å². The van der Waals surface area contributed by atoms with E-state index in [-0.39, 0.29) is 21.0 Å². The first-order valence-electron chi connectivity index (χ1n) is 49.0. The maximum atomic E-state index is 6.20. The number of likely N-dealkylation sites (tertiary alicyclic amines) is 3. The van der Waals surface area contributed by atoms with Gasteiger partial charge in [0.1, 0.15) is 75.5 Å². The first kappa shape index (κ1) is 109. The molecule has 16 rings (SSSR count). The SMILES string of the molecule is CCCc1sc(-c2ccc(OC)c(OCCN3CCC3)c2)nc1[C@@H](C)Sc1nc(C)cc(N)n1.CCCc1sc(-c2ccc(OC)c(OCCN3CCCC3)c2)nc1[C@@H](C)Sc1nc(C)cc(N)n1.CCCc1sc(-c2ccc(OC)c(OCCN3CCCCC3)c2)nc1[C@@H](C)Sc1nc(C)cc(N)n1.CCc1sc(-c2ccc(OC)c(OCCN3CCN(C)CC3)c2)nc1[C@@H](C)Sc1nc(N)cc(N)n1. The minimum atomic E-state index is 0.0451. The molecular formula is C103H140N22O8S8. The molecule has 0 aliphatic carbocycles. The average Bonchev–Trinajstić information content (AvgIpc) is 1.67. The molecule has 0 bridgehead atoms. The Morgan fingerprint density at radius 3 is 0.823 bits per heavy atom. The molecule has 758 valence electrons. The summed E-state index contributed by atoms with van der Waals surface area (Å²) in [7, 11) is 8.88. The number of aromatic nitrogens is 12. The Labute approximate surface area is 865 Å². The van der Waals surface area contributed by atoms with Gasteiger partial charge in [-0.05, 0) is 225 Å². The second-order valence-electron chi connectivity index (χ2n) is 35.3. The van der Waals surface area contributed by atoms with Gasteiger partial charge in [0.05, 0.1) is 72.2 Å². The highest BCUT2D eigenvalue weighted by atomic mass is 32.2. The number of nitrogens with two attached hydrogens (primary N) is 5. The van der Waals surface area contributed by atoms with Crippen molar-refractivity contribution in [2.45, 2.75) is 201 Å². The number of aryl methyl sites for hydroxylation is 7. The summed E-state index contributed by atoms with van der Waals surface area (Å²) in [5.74, 6) is 8.24. The summed E-state index contributed by atoms with van der Waals surface area (Å²) in [6.45, 7) is 40.7. The van der Waals surface area contributed by atoms with Crippen LogP contribution in [0, 0.1) is 20.8 Å². The minimum absolute atomic E-state index is 0.0451. The molecule has 38 heteroatoms. The number of piperazine rings is 1. The molecule has 0 saturated carbocycles. The molecule has 0 spiro atoms. The highest BCUT2D eigenvalue weighted by Crippen LogP contribution is 2.48. The van der Waals surface area contributed by atoms with E-state index >= 15 is 0 Å². The van der Waals surface area contributed by atoms with Crippen molar-refractivity contribution in [1.82, 2.24) is 84.3 Å². The Morgan fingerprint density at radius 2 is 0.560 bits per heavy atom. The first-order chi connectivity index (χ1) is 68.2. The highest BCUT2D eigenvalue weighted by Gasteiger charge is 2.29. The van der Waals surface area contributed by atoms with Crippen molar-refractivity contribution < 1.29 is 37.9 Å². The van der Waals surface area contributed by atoms with E-state index in [1.165, 1.54) is 109 Å². The van der Waals surface area contributed by atoms with Gasteiger partial charge >= 0.3 is 0 Å². The van der Waals surface area contributed by atoms with Crippen LogP contribution in [0.2, 0.25) is 0 Å². The number of hydrogen-bond donors (Lipinski definition) is 5. The van der Waals surface area contributed by atoms with Crippen molar-refractivity contribution in [3.05, 3.63) is 156 Å². The largest absolute Gasteiger partial charge is 0.493 e. The monoisotopic (exact) mass is 2070 g/mol. The third-order valence-electron chi connectivity index (χ3n) is 24.1. The molecule has 4 fully saturated rings. The maximum absolute atomic E-state index is 6.20. The van der Waals surface area contributed by atoms with Crippen LogP contribution >= 0.6 is 92.4 Å². The fourth-order valence-electron chi connectivity index (χ4n) is 16.6. The summed E-state index contributed by atoms with van der Waals surface area (Å²) in [5, 5.41) is 6.91. The zero-order chi connectivity index (χ0) is 100. The number of nitrogen functional groups attached to an aromatic ring is 5. The van der Waals surface area contributed by atoms with E-state index in [0.29, 0.717) is 76.1 Å². The first-order valence-corrected chi connectivity index (χ1v) is 55.8. The molecule has 12 aromatic rings. The Balaban J connectivity index is 0.000000158. The zero-order valence-corrected chi connectivity index (χ0v) is 91.0. The summed E-state index contributed by atoms with van der Waals surface area (Å²) in [6, 6.07) is 31.2. The third-order valence-corrected chi connectivity index (χ3v) is 32.8. The molecule has 141 heavy (non-hydrogen) atoms. The Kier molecular flexibility index (Phi) is 41.8. The second kappa shape index (κ2) is 54.3. The molecule has 4 aliphatic heterocycles. The molecule has 8 aromatic heterocycles. The number of methoxy groups -OCH3 is 4. The van der Waals surface area contributed by atoms with E-state index in [4.69, 9.17) is 86.5 Å². The fraction of sp³-hybridized carbons (Fsp3) is 0.495. The molecule has 10 N–H and O–H groups in total. The van der Waals surface area contributed by atoms with E-state index < -0.39 is 0 Å². The Hall–Kier alpha value is -9.68. The summed E-state index contributed by atoms with van der Waals surface area (Å²) < 4.78 is 46.9. The molecule has 30 nitrogen and oxygen atoms in total. The number of benzene rings is 4. The van der Waals surface area contributed by atoms with Gasteiger partial charge in [0, 0.05) is 135 Å². The maximum Gasteiger partial charge on any atom is 0.192 e. The lowest BCUT2D eigenvalue weighted by atomic mass is 10.1. The molecule has 4 saturated heterocycles. The van der Waals surface area contributed by atoms with Crippen LogP contribution in [0.5, 0.6) is 46.0 Å². The molecule has 4 aromatic carbocycles. The molecule has 4 atom stereocenters. The van der Waals surface area contributed by atoms with Crippen LogP contribution in [0.1, 0.15) is 194 Å². The number of thioether (sulfide) groups is 4. The van der Waals surface area contributed by atoms with Gasteiger partial charge < -0.3 is 71.5 Å². The van der Waals surface area contributed by atoms with Crippen LogP contribution in [-0.4, -0.2) is 238 Å². The Bertz CT molecular complexity index is 5910. The predicted octanol–water partition coefficient (Wildman–Crippen LogP) is 21.2. The van der Waals surface area contributed by atoms with Gasteiger partial charge in [-0.15, -0.1) is 45.3 Å². The summed E-state index contributed by atoms with van der Waals surface area (Å²) >= 11 is 13.3. The minimum Gasteiger partial charge on any atom is -0.493 e. The summed E-state index contributed by atoms with van der Waals surface area (Å²) in [5.41, 5.74) is 40.6. The number of piperidine rings is 1. The quantitative estimate of drug-likeness (QED) is 0.0175. The lowest BCUT2D eigenvalue weighted by molar-refractivity contribution is 0.133. The summed E-state index contributed by atoms with van der Waals surface area (Å²) in [4.78, 5) is 73.0. The lowest BCUT2D eigenvalue weighted by Gasteiger charge is -2.32. The number of ether oxygens (including phenoxy) is 8. The fourth-order valence-corrected chi connectivity index (χ4v) is 25.6. The number of hydrogen-bond acceptors (Lipinski definition) is 38. The van der Waals surface area contributed by atoms with Crippen molar-refractivity contribution in [3.63, 3.8) is 0 Å². The van der Waals surface area contributed by atoms with Gasteiger partial charge in [-0.2, -0.15) is 0 Å². The van der Waals surface area contributed by atoms with E-state index in [1.807, 2.05) is 57.2 Å². The molecule has 0 amide bonds. The number of likely N-dealkylation sites (N-methyl/N-ethyl adjacent to an activating group) is 1. The van der Waals surface area contributed by atoms with Crippen LogP contribution in [0.25, 0.3) is 42.3 Å². The molecular weight excluding hydrogens is 1930 g/mol. The van der Waals surface area contributed by atoms with Gasteiger partial charge in [0.2, 0.25) is 0 Å². The van der Waals surface area contributed by atoms with Crippen LogP contribution in [0.15, 0.2) is 118 Å². The highest BCUT2D eigenvalue weighted by molar-refractivity contribution is 8.00. The van der Waals surface area contributed by atoms with Crippen LogP contribution in [0.3, 0.4) is 0 Å². The van der Waals surface area contributed by atoms with Crippen LogP contribution in [-0.2, 0) is 25.7 Å². The van der Waals surface area contributed by atoms with E-state index in [9.17, 15) is 0 Å². The molecule has 0 radical (unpaired) electrons. The van der Waals surface area contributed by atoms with Gasteiger partial charge in [-0.3, -0.25) is 19.6 Å². The van der Waals surface area contributed by atoms with Crippen LogP contribution < -0.4 is 66.6 Å². The number of anilines is 5. The van der Waals surface area contributed by atoms with Gasteiger partial charge in [0.15, 0.2) is 66.6 Å². The molecule has 12 heterocycles. The average molecular weight is 2070 g/mol. The number of thiazole rings is 4. The second-order valence-corrected chi connectivity index (χ2v) is 44.8. The van der Waals surface area contributed by atoms with Crippen molar-refractivity contribution in [2.24, 2.45) is 0 Å². The van der Waals surface area contributed by atoms with Gasteiger partial charge in [-0.1, -0.05) is 100 Å². The number of rotatable bonds is 43. The van der Waals surface area contributed by atoms with E-state index in [2.05, 4.69) is 163 Å². The van der Waals surface area contributed by atoms with E-state index in [0.717, 1.165) is 225 Å². The zero-order valence-electron chi connectivity index (χ0n) is 84.5. The van der Waals surface area contributed by atoms with Gasteiger partial charge in [0.25, 0.3) is 0 Å². The van der Waals surface area contributed by atoms with E-state index in [1.54, 1.807) is 133 Å². The summed E-state index contributed by atoms with van der Waals surface area (Å²) in [6.07, 6.45) is 14.8. The standard InChI is InChI=1S/C27H37N5O2S2.C26H35N5O2S2.C25H35N7O2S2.C25H33N5O2S2/c1-5-9-23-25(19(3)35-27-29-18(2)16-24(28)30-27)31-26(36-23)20-10-11-21(33-4)22(17-20)34-15-14-32-12-7-6-8-13-32;1-5-8-22-24(18(3)34-26-28-17(2)15-23(27)29-26)30-25(35-22)19-9-10-20(32-4)21(16-19)33-14-13-31-11-6-7-12-31;1-5-20-23(16(2)35-25-28-21(26)15-22(27)29-25)30-24(36-20)17-6-7-18(33-4)19(14-17)34-13-12-32-10-8-31(3)9-11-32;1-5-7-21-23(17(3)33-25-27-16(2)14-22(26)28-25)29-24(34-21)18-8-9-19(31-4)20(15-18)32-13-12-30-10-6-11-30/h10-11,16-17,19H,5-9,12-15H2,1-4H3,(H2,28,29,30);9-10,15-16,18H,5-8,11-14H2,1-4H3,(H2,27,28,29);6-7,14-16H,5,8-13H2,1-4H3,(H4,26,27,28,29);8-9,14-15,17H,5-7,10-13H2,1-4H3,(H2,26,27,28)/t19-;18-;16-;17-/m1111/s1. The molecule has 4 aliphatic rings. The smallest absolute Gasteiger partial charge is 0.192 e. The van der Waals surface area contributed by atoms with Crippen LogP contribution in [0.4, 0.5) is 29.1 Å². The van der Waals surface area contributed by atoms with Crippen molar-refractivity contribution >= 4 is 121 Å². The molecule has 0 unspecified atom stereocenters. The topological polar surface area (TPSA) is 375 Å². The number of nitrogens with zero attached hydrogens (tertiary/aromatic N) is 17. The van der Waals surface area contributed by atoms with Gasteiger partial charge in [-0.25, -0.2) is 59.8 Å². The third kappa shape index (κ3) is 31.7. The lowest BCUT2D eigenvalue weighted by Crippen LogP contribution is -2.45. The van der Waals surface area contributed by atoms with Crippen molar-refractivity contribution in [1.29, 1.82) is 0 Å². The predicted molar refractivity (Wildman–Crippen MR) is 582 cm³/mol. The normalized spacial score (nSPS) is 15.1. The van der Waals surface area contributed by atoms with Crippen molar-refractivity contribution in [2.75, 3.05) is 182 Å². The Morgan fingerprint density at radius 1 is 0.305 bits per heavy atom.